The van der Waals surface area contributed by atoms with Crippen LogP contribution in [0.3, 0.4) is 0 Å². The number of alkyl halides is 3. The van der Waals surface area contributed by atoms with E-state index in [1.54, 1.807) is 0 Å². The molecule has 2 N–H and O–H groups in total. The summed E-state index contributed by atoms with van der Waals surface area (Å²) in [6.45, 7) is 3.61. The van der Waals surface area contributed by atoms with E-state index in [1.807, 2.05) is 13.8 Å². The molecule has 2 rings (SSSR count). The standard InChI is InChI=1S/C16H15ClF3N3O/c1-9(2)22-15(24)10-5-6-21-14(7-10)23-13-4-3-11(17)8-12(13)16(18,19)20/h3-9H,1-2H3,(H,21,23)(H,22,24). The number of amides is 1. The second-order valence-electron chi connectivity index (χ2n) is 5.37. The molecule has 8 heteroatoms. The van der Waals surface area contributed by atoms with Gasteiger partial charge in [-0.3, -0.25) is 4.79 Å². The third-order valence-electron chi connectivity index (χ3n) is 2.99. The van der Waals surface area contributed by atoms with Crippen molar-refractivity contribution in [3.63, 3.8) is 0 Å². The van der Waals surface area contributed by atoms with E-state index >= 15 is 0 Å². The summed E-state index contributed by atoms with van der Waals surface area (Å²) in [5, 5.41) is 5.26. The Bertz CT molecular complexity index is 748. The van der Waals surface area contributed by atoms with Gasteiger partial charge < -0.3 is 10.6 Å². The maximum absolute atomic E-state index is 13.1. The minimum atomic E-state index is -4.57. The van der Waals surface area contributed by atoms with Crippen molar-refractivity contribution in [2.45, 2.75) is 26.1 Å². The Labute approximate surface area is 142 Å². The van der Waals surface area contributed by atoms with Gasteiger partial charge in [-0.25, -0.2) is 4.98 Å². The third kappa shape index (κ3) is 4.61. The van der Waals surface area contributed by atoms with Gasteiger partial charge in [-0.1, -0.05) is 11.6 Å². The average Bonchev–Trinajstić information content (AvgIpc) is 2.47. The molecule has 2 aromatic rings. The van der Waals surface area contributed by atoms with Crippen LogP contribution in [0.15, 0.2) is 36.5 Å². The summed E-state index contributed by atoms with van der Waals surface area (Å²) in [4.78, 5) is 15.9. The molecule has 0 spiro atoms. The predicted molar refractivity (Wildman–Crippen MR) is 86.6 cm³/mol. The maximum Gasteiger partial charge on any atom is 0.418 e. The fraction of sp³-hybridized carbons (Fsp3) is 0.250. The van der Waals surface area contributed by atoms with E-state index < -0.39 is 11.7 Å². The summed E-state index contributed by atoms with van der Waals surface area (Å²) < 4.78 is 39.3. The fourth-order valence-electron chi connectivity index (χ4n) is 1.98. The van der Waals surface area contributed by atoms with Crippen LogP contribution >= 0.6 is 11.6 Å². The first-order chi connectivity index (χ1) is 11.2. The van der Waals surface area contributed by atoms with Gasteiger partial charge in [-0.2, -0.15) is 13.2 Å². The Kier molecular flexibility index (Phi) is 5.33. The van der Waals surface area contributed by atoms with Crippen LogP contribution in [0, 0.1) is 0 Å². The van der Waals surface area contributed by atoms with Crippen LogP contribution in [-0.4, -0.2) is 16.9 Å². The first-order valence-electron chi connectivity index (χ1n) is 7.07. The molecule has 0 aliphatic heterocycles. The van der Waals surface area contributed by atoms with Gasteiger partial charge in [0.15, 0.2) is 0 Å². The molecule has 0 unspecified atom stereocenters. The van der Waals surface area contributed by atoms with Crippen molar-refractivity contribution in [3.8, 4) is 0 Å². The van der Waals surface area contributed by atoms with Crippen molar-refractivity contribution < 1.29 is 18.0 Å². The Hall–Kier alpha value is -2.28. The first-order valence-corrected chi connectivity index (χ1v) is 7.45. The molecular weight excluding hydrogens is 343 g/mol. The number of benzene rings is 1. The largest absolute Gasteiger partial charge is 0.418 e. The molecule has 1 aromatic carbocycles. The number of nitrogens with one attached hydrogen (secondary N) is 2. The highest BCUT2D eigenvalue weighted by atomic mass is 35.5. The number of carbonyl (C=O) groups excluding carboxylic acids is 1. The van der Waals surface area contributed by atoms with Crippen LogP contribution in [0.1, 0.15) is 29.8 Å². The normalized spacial score (nSPS) is 11.5. The van der Waals surface area contributed by atoms with Crippen molar-refractivity contribution in [1.82, 2.24) is 10.3 Å². The topological polar surface area (TPSA) is 54.0 Å². The molecule has 0 saturated carbocycles. The highest BCUT2D eigenvalue weighted by molar-refractivity contribution is 6.30. The van der Waals surface area contributed by atoms with Gasteiger partial charge in [0.2, 0.25) is 0 Å². The molecule has 0 saturated heterocycles. The summed E-state index contributed by atoms with van der Waals surface area (Å²) in [5.41, 5.74) is -0.807. The molecule has 0 aliphatic carbocycles. The van der Waals surface area contributed by atoms with E-state index in [0.29, 0.717) is 5.56 Å². The Morgan fingerprint density at radius 2 is 1.92 bits per heavy atom. The molecule has 1 heterocycles. The monoisotopic (exact) mass is 357 g/mol. The molecular formula is C16H15ClF3N3O. The Morgan fingerprint density at radius 1 is 1.21 bits per heavy atom. The lowest BCUT2D eigenvalue weighted by molar-refractivity contribution is -0.136. The van der Waals surface area contributed by atoms with E-state index in [2.05, 4.69) is 15.6 Å². The number of hydrogen-bond donors (Lipinski definition) is 2. The molecule has 0 atom stereocenters. The number of nitrogens with zero attached hydrogens (tertiary/aromatic N) is 1. The smallest absolute Gasteiger partial charge is 0.350 e. The van der Waals surface area contributed by atoms with Crippen LogP contribution in [-0.2, 0) is 6.18 Å². The van der Waals surface area contributed by atoms with Crippen LogP contribution < -0.4 is 10.6 Å². The number of carbonyl (C=O) groups is 1. The van der Waals surface area contributed by atoms with Gasteiger partial charge in [0, 0.05) is 22.8 Å². The molecule has 0 fully saturated rings. The van der Waals surface area contributed by atoms with E-state index in [4.69, 9.17) is 11.6 Å². The van der Waals surface area contributed by atoms with Crippen molar-refractivity contribution in [2.24, 2.45) is 0 Å². The number of pyridine rings is 1. The van der Waals surface area contributed by atoms with E-state index in [1.165, 1.54) is 30.5 Å². The predicted octanol–water partition coefficient (Wildman–Crippen LogP) is 4.64. The van der Waals surface area contributed by atoms with E-state index in [0.717, 1.165) is 6.07 Å². The molecule has 0 bridgehead atoms. The quantitative estimate of drug-likeness (QED) is 0.838. The van der Waals surface area contributed by atoms with E-state index in [-0.39, 0.29) is 28.5 Å². The second-order valence-corrected chi connectivity index (χ2v) is 5.81. The fourth-order valence-corrected chi connectivity index (χ4v) is 2.16. The number of rotatable bonds is 4. The zero-order valence-corrected chi connectivity index (χ0v) is 13.7. The van der Waals surface area contributed by atoms with Crippen molar-refractivity contribution in [1.29, 1.82) is 0 Å². The summed E-state index contributed by atoms with van der Waals surface area (Å²) in [6.07, 6.45) is -3.22. The molecule has 0 radical (unpaired) electrons. The van der Waals surface area contributed by atoms with Gasteiger partial charge in [-0.05, 0) is 44.2 Å². The van der Waals surface area contributed by atoms with Crippen molar-refractivity contribution >= 4 is 29.0 Å². The summed E-state index contributed by atoms with van der Waals surface area (Å²) >= 11 is 5.64. The lowest BCUT2D eigenvalue weighted by Crippen LogP contribution is -2.30. The molecule has 1 aromatic heterocycles. The number of hydrogen-bond acceptors (Lipinski definition) is 3. The van der Waals surface area contributed by atoms with Crippen LogP contribution in [0.5, 0.6) is 0 Å². The number of aromatic nitrogens is 1. The first kappa shape index (κ1) is 18.1. The van der Waals surface area contributed by atoms with Gasteiger partial charge in [0.25, 0.3) is 5.91 Å². The van der Waals surface area contributed by atoms with Gasteiger partial charge >= 0.3 is 6.18 Å². The van der Waals surface area contributed by atoms with E-state index in [9.17, 15) is 18.0 Å². The lowest BCUT2D eigenvalue weighted by Gasteiger charge is -2.15. The summed E-state index contributed by atoms with van der Waals surface area (Å²) in [6, 6.07) is 6.19. The number of halogens is 4. The zero-order chi connectivity index (χ0) is 17.9. The molecule has 1 amide bonds. The Morgan fingerprint density at radius 3 is 2.54 bits per heavy atom. The van der Waals surface area contributed by atoms with Gasteiger partial charge in [-0.15, -0.1) is 0 Å². The summed E-state index contributed by atoms with van der Waals surface area (Å²) in [5.74, 6) is -0.207. The second kappa shape index (κ2) is 7.09. The number of anilines is 2. The van der Waals surface area contributed by atoms with Crippen LogP contribution in [0.25, 0.3) is 0 Å². The zero-order valence-electron chi connectivity index (χ0n) is 12.9. The highest BCUT2D eigenvalue weighted by Crippen LogP contribution is 2.37. The average molecular weight is 358 g/mol. The minimum absolute atomic E-state index is 0.0223. The molecule has 24 heavy (non-hydrogen) atoms. The molecule has 4 nitrogen and oxygen atoms in total. The molecule has 0 aliphatic rings. The van der Waals surface area contributed by atoms with Crippen molar-refractivity contribution in [2.75, 3.05) is 5.32 Å². The lowest BCUT2D eigenvalue weighted by atomic mass is 10.1. The van der Waals surface area contributed by atoms with Crippen LogP contribution in [0.2, 0.25) is 5.02 Å². The third-order valence-corrected chi connectivity index (χ3v) is 3.23. The molecule has 128 valence electrons. The maximum atomic E-state index is 13.1. The highest BCUT2D eigenvalue weighted by Gasteiger charge is 2.34. The van der Waals surface area contributed by atoms with Crippen LogP contribution in [0.4, 0.5) is 24.7 Å². The van der Waals surface area contributed by atoms with Gasteiger partial charge in [0.1, 0.15) is 5.82 Å². The minimum Gasteiger partial charge on any atom is -0.350 e. The SMILES string of the molecule is CC(C)NC(=O)c1ccnc(Nc2ccc(Cl)cc2C(F)(F)F)c1. The van der Waals surface area contributed by atoms with Gasteiger partial charge in [0.05, 0.1) is 11.3 Å². The van der Waals surface area contributed by atoms with Crippen molar-refractivity contribution in [3.05, 3.63) is 52.7 Å². The Balaban J connectivity index is 2.31. The summed E-state index contributed by atoms with van der Waals surface area (Å²) in [7, 11) is 0.